The van der Waals surface area contributed by atoms with Crippen molar-refractivity contribution < 1.29 is 4.74 Å². The molecule has 1 aromatic carbocycles. The quantitative estimate of drug-likeness (QED) is 0.792. The second-order valence-corrected chi connectivity index (χ2v) is 3.85. The van der Waals surface area contributed by atoms with Crippen molar-refractivity contribution in [2.75, 3.05) is 25.5 Å². The van der Waals surface area contributed by atoms with Crippen LogP contribution in [0.3, 0.4) is 0 Å². The number of hydrogen-bond acceptors (Lipinski definition) is 3. The second kappa shape index (κ2) is 5.03. The molecule has 1 aromatic rings. The van der Waals surface area contributed by atoms with Gasteiger partial charge in [-0.05, 0) is 38.1 Å². The van der Waals surface area contributed by atoms with Crippen LogP contribution in [0, 0.1) is 0 Å². The van der Waals surface area contributed by atoms with Gasteiger partial charge in [0, 0.05) is 18.8 Å². The maximum Gasteiger partial charge on any atom is 0.121 e. The average molecular weight is 206 g/mol. The van der Waals surface area contributed by atoms with Crippen molar-refractivity contribution in [2.45, 2.75) is 18.9 Å². The Morgan fingerprint density at radius 2 is 2.13 bits per heavy atom. The summed E-state index contributed by atoms with van der Waals surface area (Å²) in [7, 11) is 1.92. The van der Waals surface area contributed by atoms with Crippen LogP contribution in [0.25, 0.3) is 0 Å². The van der Waals surface area contributed by atoms with E-state index in [0.29, 0.717) is 6.10 Å². The van der Waals surface area contributed by atoms with Crippen molar-refractivity contribution in [1.82, 2.24) is 5.32 Å². The predicted octanol–water partition coefficient (Wildman–Crippen LogP) is 1.86. The van der Waals surface area contributed by atoms with Crippen molar-refractivity contribution in [2.24, 2.45) is 0 Å². The van der Waals surface area contributed by atoms with Gasteiger partial charge in [-0.1, -0.05) is 6.07 Å². The lowest BCUT2D eigenvalue weighted by Crippen LogP contribution is -2.34. The van der Waals surface area contributed by atoms with Gasteiger partial charge in [0.05, 0.1) is 0 Å². The number of anilines is 1. The van der Waals surface area contributed by atoms with Crippen LogP contribution < -0.4 is 15.4 Å². The van der Waals surface area contributed by atoms with E-state index in [1.165, 1.54) is 0 Å². The fourth-order valence-corrected chi connectivity index (χ4v) is 1.83. The van der Waals surface area contributed by atoms with Gasteiger partial charge in [-0.2, -0.15) is 0 Å². The van der Waals surface area contributed by atoms with E-state index in [1.54, 1.807) is 0 Å². The van der Waals surface area contributed by atoms with Crippen LogP contribution in [0.1, 0.15) is 12.8 Å². The summed E-state index contributed by atoms with van der Waals surface area (Å²) in [5.74, 6) is 0.966. The zero-order valence-electron chi connectivity index (χ0n) is 9.12. The summed E-state index contributed by atoms with van der Waals surface area (Å²) in [4.78, 5) is 0. The predicted molar refractivity (Wildman–Crippen MR) is 62.5 cm³/mol. The Labute approximate surface area is 90.8 Å². The molecule has 1 aliphatic rings. The molecule has 1 heterocycles. The molecule has 3 nitrogen and oxygen atoms in total. The SMILES string of the molecule is CNc1cccc(OC2CCNCC2)c1. The minimum Gasteiger partial charge on any atom is -0.490 e. The molecule has 0 spiro atoms. The molecule has 0 bridgehead atoms. The summed E-state index contributed by atoms with van der Waals surface area (Å²) in [5.41, 5.74) is 1.10. The van der Waals surface area contributed by atoms with E-state index in [0.717, 1.165) is 37.4 Å². The van der Waals surface area contributed by atoms with Crippen LogP contribution >= 0.6 is 0 Å². The summed E-state index contributed by atoms with van der Waals surface area (Å²) in [6.45, 7) is 2.13. The van der Waals surface area contributed by atoms with Gasteiger partial charge in [-0.15, -0.1) is 0 Å². The zero-order valence-corrected chi connectivity index (χ0v) is 9.12. The Balaban J connectivity index is 1.96. The molecule has 2 N–H and O–H groups in total. The lowest BCUT2D eigenvalue weighted by atomic mass is 10.1. The molecule has 0 unspecified atom stereocenters. The molecule has 15 heavy (non-hydrogen) atoms. The highest BCUT2D eigenvalue weighted by Crippen LogP contribution is 2.20. The van der Waals surface area contributed by atoms with E-state index in [4.69, 9.17) is 4.74 Å². The fraction of sp³-hybridized carbons (Fsp3) is 0.500. The van der Waals surface area contributed by atoms with Gasteiger partial charge in [-0.25, -0.2) is 0 Å². The first-order valence-electron chi connectivity index (χ1n) is 5.53. The molecule has 1 fully saturated rings. The van der Waals surface area contributed by atoms with Gasteiger partial charge in [0.1, 0.15) is 11.9 Å². The highest BCUT2D eigenvalue weighted by atomic mass is 16.5. The summed E-state index contributed by atoms with van der Waals surface area (Å²) in [6, 6.07) is 8.11. The Hall–Kier alpha value is -1.22. The Bertz CT molecular complexity index is 308. The summed E-state index contributed by atoms with van der Waals surface area (Å²) < 4.78 is 5.92. The largest absolute Gasteiger partial charge is 0.490 e. The molecule has 0 aromatic heterocycles. The fourth-order valence-electron chi connectivity index (χ4n) is 1.83. The normalized spacial score (nSPS) is 17.4. The molecule has 3 heteroatoms. The van der Waals surface area contributed by atoms with Crippen LogP contribution in [-0.4, -0.2) is 26.2 Å². The van der Waals surface area contributed by atoms with Crippen LogP contribution in [0.15, 0.2) is 24.3 Å². The van der Waals surface area contributed by atoms with E-state index in [1.807, 2.05) is 31.3 Å². The van der Waals surface area contributed by atoms with E-state index in [2.05, 4.69) is 10.6 Å². The third kappa shape index (κ3) is 2.86. The maximum absolute atomic E-state index is 5.92. The van der Waals surface area contributed by atoms with Crippen LogP contribution in [0.4, 0.5) is 5.69 Å². The van der Waals surface area contributed by atoms with E-state index in [-0.39, 0.29) is 0 Å². The number of nitrogens with one attached hydrogen (secondary N) is 2. The van der Waals surface area contributed by atoms with Gasteiger partial charge >= 0.3 is 0 Å². The number of rotatable bonds is 3. The number of hydrogen-bond donors (Lipinski definition) is 2. The molecule has 0 saturated carbocycles. The van der Waals surface area contributed by atoms with Crippen molar-refractivity contribution >= 4 is 5.69 Å². The zero-order chi connectivity index (χ0) is 10.5. The van der Waals surface area contributed by atoms with Crippen molar-refractivity contribution in [3.63, 3.8) is 0 Å². The minimum absolute atomic E-state index is 0.373. The molecule has 1 aliphatic heterocycles. The van der Waals surface area contributed by atoms with Gasteiger partial charge in [-0.3, -0.25) is 0 Å². The van der Waals surface area contributed by atoms with E-state index in [9.17, 15) is 0 Å². The molecule has 0 amide bonds. The molecule has 0 atom stereocenters. The first-order chi connectivity index (χ1) is 7.38. The molecule has 1 saturated heterocycles. The lowest BCUT2D eigenvalue weighted by Gasteiger charge is -2.24. The Morgan fingerprint density at radius 1 is 1.33 bits per heavy atom. The Morgan fingerprint density at radius 3 is 2.87 bits per heavy atom. The van der Waals surface area contributed by atoms with Crippen LogP contribution in [-0.2, 0) is 0 Å². The molecule has 0 aliphatic carbocycles. The number of ether oxygens (including phenoxy) is 1. The monoisotopic (exact) mass is 206 g/mol. The van der Waals surface area contributed by atoms with Gasteiger partial charge in [0.15, 0.2) is 0 Å². The van der Waals surface area contributed by atoms with Crippen LogP contribution in [0.5, 0.6) is 5.75 Å². The average Bonchev–Trinajstić information content (AvgIpc) is 2.31. The maximum atomic E-state index is 5.92. The number of piperidine rings is 1. The molecule has 82 valence electrons. The van der Waals surface area contributed by atoms with E-state index >= 15 is 0 Å². The second-order valence-electron chi connectivity index (χ2n) is 3.85. The summed E-state index contributed by atoms with van der Waals surface area (Å²) in [5, 5.41) is 6.44. The highest BCUT2D eigenvalue weighted by molar-refractivity contribution is 5.47. The lowest BCUT2D eigenvalue weighted by molar-refractivity contribution is 0.162. The third-order valence-corrected chi connectivity index (χ3v) is 2.71. The van der Waals surface area contributed by atoms with Gasteiger partial charge in [0.2, 0.25) is 0 Å². The highest BCUT2D eigenvalue weighted by Gasteiger charge is 2.14. The third-order valence-electron chi connectivity index (χ3n) is 2.71. The first kappa shape index (κ1) is 10.3. The van der Waals surface area contributed by atoms with Crippen molar-refractivity contribution in [1.29, 1.82) is 0 Å². The molecule has 2 rings (SSSR count). The Kier molecular flexibility index (Phi) is 3.45. The molecule has 0 radical (unpaired) electrons. The first-order valence-corrected chi connectivity index (χ1v) is 5.53. The van der Waals surface area contributed by atoms with Crippen molar-refractivity contribution in [3.8, 4) is 5.75 Å². The summed E-state index contributed by atoms with van der Waals surface area (Å²) in [6.07, 6.45) is 2.58. The minimum atomic E-state index is 0.373. The topological polar surface area (TPSA) is 33.3 Å². The van der Waals surface area contributed by atoms with Crippen molar-refractivity contribution in [3.05, 3.63) is 24.3 Å². The summed E-state index contributed by atoms with van der Waals surface area (Å²) >= 11 is 0. The van der Waals surface area contributed by atoms with Gasteiger partial charge < -0.3 is 15.4 Å². The van der Waals surface area contributed by atoms with Gasteiger partial charge in [0.25, 0.3) is 0 Å². The standard InChI is InChI=1S/C12H18N2O/c1-13-10-3-2-4-12(9-10)15-11-5-7-14-8-6-11/h2-4,9,11,13-14H,5-8H2,1H3. The molecular weight excluding hydrogens is 188 g/mol. The van der Waals surface area contributed by atoms with Crippen LogP contribution in [0.2, 0.25) is 0 Å². The molecular formula is C12H18N2O. The smallest absolute Gasteiger partial charge is 0.121 e. The van der Waals surface area contributed by atoms with E-state index < -0.39 is 0 Å². The number of benzene rings is 1.